The van der Waals surface area contributed by atoms with E-state index in [0.717, 1.165) is 45.7 Å². The highest BCUT2D eigenvalue weighted by Gasteiger charge is 2.40. The van der Waals surface area contributed by atoms with Crippen LogP contribution in [0.1, 0.15) is 29.8 Å². The molecule has 0 spiro atoms. The average molecular weight is 334 g/mol. The van der Waals surface area contributed by atoms with Gasteiger partial charge in [0.2, 0.25) is 5.91 Å². The third kappa shape index (κ3) is 3.73. The van der Waals surface area contributed by atoms with E-state index >= 15 is 0 Å². The van der Waals surface area contributed by atoms with Crippen LogP contribution in [-0.2, 0) is 4.79 Å². The van der Waals surface area contributed by atoms with E-state index in [0.29, 0.717) is 5.91 Å². The number of aryl methyl sites for hydroxylation is 1. The lowest BCUT2D eigenvalue weighted by Gasteiger charge is -2.31. The van der Waals surface area contributed by atoms with Gasteiger partial charge in [0.15, 0.2) is 0 Å². The van der Waals surface area contributed by atoms with Crippen LogP contribution in [0.25, 0.3) is 0 Å². The molecular weight excluding hydrogens is 306 g/mol. The summed E-state index contributed by atoms with van der Waals surface area (Å²) in [5, 5.41) is 3.67. The number of hydrogen-bond donors (Lipinski definition) is 1. The molecule has 1 N–H and O–H groups in total. The van der Waals surface area contributed by atoms with Crippen molar-refractivity contribution in [2.24, 2.45) is 0 Å². The number of hydrogen-bond acceptors (Lipinski definition) is 4. The third-order valence-electron chi connectivity index (χ3n) is 4.83. The molecule has 1 amide bonds. The van der Waals surface area contributed by atoms with Crippen LogP contribution in [0, 0.1) is 6.92 Å². The Kier molecular flexibility index (Phi) is 5.62. The van der Waals surface area contributed by atoms with E-state index in [2.05, 4.69) is 53.2 Å². The maximum Gasteiger partial charge on any atom is 0.236 e. The van der Waals surface area contributed by atoms with Crippen LogP contribution in [0.4, 0.5) is 0 Å². The van der Waals surface area contributed by atoms with Gasteiger partial charge in [-0.15, -0.1) is 11.8 Å². The molecule has 126 valence electrons. The number of nitrogens with zero attached hydrogens (tertiary/aromatic N) is 2. The van der Waals surface area contributed by atoms with Crippen molar-refractivity contribution in [3.05, 3.63) is 35.4 Å². The van der Waals surface area contributed by atoms with Crippen molar-refractivity contribution in [2.75, 3.05) is 39.3 Å². The van der Waals surface area contributed by atoms with Crippen LogP contribution in [0.2, 0.25) is 0 Å². The summed E-state index contributed by atoms with van der Waals surface area (Å²) < 4.78 is 0. The van der Waals surface area contributed by atoms with E-state index < -0.39 is 0 Å². The van der Waals surface area contributed by atoms with Gasteiger partial charge in [0, 0.05) is 39.3 Å². The number of carbonyl (C=O) groups is 1. The van der Waals surface area contributed by atoms with Crippen molar-refractivity contribution in [1.29, 1.82) is 0 Å². The smallest absolute Gasteiger partial charge is 0.236 e. The molecule has 0 unspecified atom stereocenters. The van der Waals surface area contributed by atoms with Gasteiger partial charge in [-0.05, 0) is 24.5 Å². The monoisotopic (exact) mass is 333 g/mol. The number of benzene rings is 1. The van der Waals surface area contributed by atoms with Crippen LogP contribution >= 0.6 is 11.8 Å². The second-order valence-electron chi connectivity index (χ2n) is 6.37. The Hall–Kier alpha value is -1.04. The maximum atomic E-state index is 12.8. The van der Waals surface area contributed by atoms with Crippen LogP contribution < -0.4 is 5.32 Å². The fraction of sp³-hybridized carbons (Fsp3) is 0.611. The van der Waals surface area contributed by atoms with Gasteiger partial charge < -0.3 is 10.2 Å². The summed E-state index contributed by atoms with van der Waals surface area (Å²) in [6.45, 7) is 10.4. The molecule has 0 bridgehead atoms. The molecule has 4 nitrogen and oxygen atoms in total. The fourth-order valence-corrected chi connectivity index (χ4v) is 4.90. The summed E-state index contributed by atoms with van der Waals surface area (Å²) in [7, 11) is 0. The molecule has 5 heteroatoms. The van der Waals surface area contributed by atoms with Gasteiger partial charge in [-0.1, -0.05) is 31.2 Å². The minimum absolute atomic E-state index is 0.114. The molecule has 3 rings (SSSR count). The van der Waals surface area contributed by atoms with Gasteiger partial charge in [0.05, 0.1) is 5.25 Å². The van der Waals surface area contributed by atoms with Crippen LogP contribution in [0.15, 0.2) is 24.3 Å². The van der Waals surface area contributed by atoms with Crippen molar-refractivity contribution in [3.63, 3.8) is 0 Å². The molecule has 2 fully saturated rings. The minimum Gasteiger partial charge on any atom is -0.324 e. The summed E-state index contributed by atoms with van der Waals surface area (Å²) in [6.07, 6.45) is 0.913. The third-order valence-corrected chi connectivity index (χ3v) is 6.46. The number of nitrogens with one attached hydrogen (secondary N) is 1. The molecule has 0 saturated carbocycles. The van der Waals surface area contributed by atoms with Gasteiger partial charge in [-0.2, -0.15) is 0 Å². The maximum absolute atomic E-state index is 12.8. The molecule has 0 radical (unpaired) electrons. The lowest BCUT2D eigenvalue weighted by molar-refractivity contribution is -0.130. The minimum atomic E-state index is 0.114. The fourth-order valence-electron chi connectivity index (χ4n) is 3.38. The summed E-state index contributed by atoms with van der Waals surface area (Å²) in [4.78, 5) is 17.4. The predicted molar refractivity (Wildman–Crippen MR) is 96.6 cm³/mol. The molecule has 2 heterocycles. The van der Waals surface area contributed by atoms with Crippen LogP contribution in [-0.4, -0.2) is 60.2 Å². The van der Waals surface area contributed by atoms with E-state index in [1.165, 1.54) is 11.1 Å². The number of rotatable bonds is 5. The van der Waals surface area contributed by atoms with E-state index in [9.17, 15) is 4.79 Å². The van der Waals surface area contributed by atoms with Crippen molar-refractivity contribution < 1.29 is 4.79 Å². The van der Waals surface area contributed by atoms with Gasteiger partial charge in [0.1, 0.15) is 5.37 Å². The summed E-state index contributed by atoms with van der Waals surface area (Å²) in [6, 6.07) is 8.48. The molecule has 0 aliphatic carbocycles. The Balaban J connectivity index is 1.73. The van der Waals surface area contributed by atoms with Gasteiger partial charge in [0.25, 0.3) is 0 Å². The topological polar surface area (TPSA) is 35.6 Å². The first-order chi connectivity index (χ1) is 11.2. The number of amides is 1. The zero-order chi connectivity index (χ0) is 16.2. The molecule has 2 aliphatic rings. The predicted octanol–water partition coefficient (Wildman–Crippen LogP) is 2.25. The SMILES string of the molecule is CC[C@@H]1S[C@@H](c2ccccc2C)N(CCN2CCNCC2)C1=O. The molecule has 1 aromatic rings. The zero-order valence-electron chi connectivity index (χ0n) is 14.1. The Labute approximate surface area is 143 Å². The van der Waals surface area contributed by atoms with Crippen molar-refractivity contribution in [3.8, 4) is 0 Å². The normalized spacial score (nSPS) is 26.0. The molecule has 2 saturated heterocycles. The lowest BCUT2D eigenvalue weighted by atomic mass is 10.1. The summed E-state index contributed by atoms with van der Waals surface area (Å²) >= 11 is 1.83. The van der Waals surface area contributed by atoms with Crippen LogP contribution in [0.5, 0.6) is 0 Å². The first-order valence-electron chi connectivity index (χ1n) is 8.65. The highest BCUT2D eigenvalue weighted by Crippen LogP contribution is 2.44. The summed E-state index contributed by atoms with van der Waals surface area (Å²) in [5.41, 5.74) is 2.57. The average Bonchev–Trinajstić information content (AvgIpc) is 2.90. The molecule has 1 aromatic carbocycles. The van der Waals surface area contributed by atoms with Gasteiger partial charge in [-0.3, -0.25) is 9.69 Å². The molecule has 23 heavy (non-hydrogen) atoms. The number of piperazine rings is 1. The molecule has 2 atom stereocenters. The molecule has 2 aliphatic heterocycles. The molecule has 0 aromatic heterocycles. The quantitative estimate of drug-likeness (QED) is 0.896. The van der Waals surface area contributed by atoms with Gasteiger partial charge in [-0.25, -0.2) is 0 Å². The van der Waals surface area contributed by atoms with E-state index in [1.54, 1.807) is 0 Å². The highest BCUT2D eigenvalue weighted by atomic mass is 32.2. The second kappa shape index (κ2) is 7.69. The summed E-state index contributed by atoms with van der Waals surface area (Å²) in [5.74, 6) is 0.320. The Morgan fingerprint density at radius 2 is 1.96 bits per heavy atom. The number of carbonyl (C=O) groups excluding carboxylic acids is 1. The Morgan fingerprint density at radius 1 is 1.22 bits per heavy atom. The molecular formula is C18H27N3OS. The van der Waals surface area contributed by atoms with Crippen molar-refractivity contribution in [2.45, 2.75) is 30.9 Å². The Morgan fingerprint density at radius 3 is 2.65 bits per heavy atom. The Bertz CT molecular complexity index is 545. The standard InChI is InChI=1S/C18H27N3OS/c1-3-16-17(22)21(13-12-20-10-8-19-9-11-20)18(23-16)15-7-5-4-6-14(15)2/h4-7,16,18-19H,3,8-13H2,1-2H3/t16-,18-/m0/s1. The van der Waals surface area contributed by atoms with Crippen molar-refractivity contribution in [1.82, 2.24) is 15.1 Å². The zero-order valence-corrected chi connectivity index (χ0v) is 14.9. The van der Waals surface area contributed by atoms with E-state index in [4.69, 9.17) is 0 Å². The second-order valence-corrected chi connectivity index (χ2v) is 7.65. The largest absolute Gasteiger partial charge is 0.324 e. The highest BCUT2D eigenvalue weighted by molar-refractivity contribution is 8.01. The van der Waals surface area contributed by atoms with Crippen LogP contribution in [0.3, 0.4) is 0 Å². The first-order valence-corrected chi connectivity index (χ1v) is 9.59. The lowest BCUT2D eigenvalue weighted by Crippen LogP contribution is -2.47. The van der Waals surface area contributed by atoms with Crippen molar-refractivity contribution >= 4 is 17.7 Å². The van der Waals surface area contributed by atoms with E-state index in [1.807, 2.05) is 11.8 Å². The first kappa shape index (κ1) is 16.8. The van der Waals surface area contributed by atoms with Gasteiger partial charge >= 0.3 is 0 Å². The number of thioether (sulfide) groups is 1. The van der Waals surface area contributed by atoms with E-state index in [-0.39, 0.29) is 10.6 Å².